The van der Waals surface area contributed by atoms with Crippen LogP contribution in [0.4, 0.5) is 0 Å². The average Bonchev–Trinajstić information content (AvgIpc) is 2.83. The van der Waals surface area contributed by atoms with E-state index in [0.29, 0.717) is 18.1 Å². The van der Waals surface area contributed by atoms with Gasteiger partial charge in [-0.3, -0.25) is 4.90 Å². The van der Waals surface area contributed by atoms with E-state index < -0.39 is 0 Å². The Kier molecular flexibility index (Phi) is 5.70. The van der Waals surface area contributed by atoms with E-state index in [0.717, 1.165) is 10.9 Å². The van der Waals surface area contributed by atoms with Crippen LogP contribution in [0, 0.1) is 0 Å². The molecule has 0 aromatic carbocycles. The first kappa shape index (κ1) is 15.3. The molecule has 1 fully saturated rings. The second kappa shape index (κ2) is 7.07. The van der Waals surface area contributed by atoms with Crippen molar-refractivity contribution in [3.8, 4) is 0 Å². The molecule has 0 bridgehead atoms. The average molecular weight is 301 g/mol. The van der Waals surface area contributed by atoms with E-state index in [2.05, 4.69) is 30.2 Å². The fourth-order valence-corrected chi connectivity index (χ4v) is 4.10. The summed E-state index contributed by atoms with van der Waals surface area (Å²) in [5.41, 5.74) is 7.39. The van der Waals surface area contributed by atoms with E-state index >= 15 is 0 Å². The molecule has 1 aliphatic rings. The van der Waals surface area contributed by atoms with Crippen molar-refractivity contribution in [2.45, 2.75) is 64.1 Å². The van der Waals surface area contributed by atoms with Gasteiger partial charge in [0.25, 0.3) is 0 Å². The molecule has 1 unspecified atom stereocenters. The zero-order valence-corrected chi connectivity index (χ0v) is 13.5. The first-order valence-corrected chi connectivity index (χ1v) is 8.62. The minimum Gasteiger partial charge on any atom is -0.328 e. The van der Waals surface area contributed by atoms with Crippen molar-refractivity contribution in [2.24, 2.45) is 5.73 Å². The number of nitrogens with zero attached hydrogens (tertiary/aromatic N) is 1. The smallest absolute Gasteiger partial charge is 0.0931 e. The highest BCUT2D eigenvalue weighted by molar-refractivity contribution is 7.14. The fraction of sp³-hybridized carbons (Fsp3) is 0.733. The topological polar surface area (TPSA) is 29.3 Å². The van der Waals surface area contributed by atoms with E-state index in [-0.39, 0.29) is 0 Å². The minimum atomic E-state index is 0.422. The molecule has 108 valence electrons. The summed E-state index contributed by atoms with van der Waals surface area (Å²) in [6, 6.07) is 3.69. The molecule has 19 heavy (non-hydrogen) atoms. The number of halogens is 1. The highest BCUT2D eigenvalue weighted by Crippen LogP contribution is 2.33. The maximum Gasteiger partial charge on any atom is 0.0931 e. The molecule has 0 spiro atoms. The summed E-state index contributed by atoms with van der Waals surface area (Å²) in [6.07, 6.45) is 6.02. The third-order valence-electron chi connectivity index (χ3n) is 4.26. The van der Waals surface area contributed by atoms with Crippen molar-refractivity contribution in [3.05, 3.63) is 21.3 Å². The zero-order valence-electron chi connectivity index (χ0n) is 11.9. The Bertz CT molecular complexity index is 385. The molecule has 1 aromatic heterocycles. The van der Waals surface area contributed by atoms with Gasteiger partial charge in [0, 0.05) is 18.1 Å². The summed E-state index contributed by atoms with van der Waals surface area (Å²) in [6.45, 7) is 5.73. The van der Waals surface area contributed by atoms with E-state index in [4.69, 9.17) is 17.3 Å². The van der Waals surface area contributed by atoms with Gasteiger partial charge in [-0.1, -0.05) is 18.5 Å². The van der Waals surface area contributed by atoms with Crippen LogP contribution in [-0.2, 0) is 0 Å². The molecule has 0 amide bonds. The van der Waals surface area contributed by atoms with Crippen molar-refractivity contribution in [2.75, 3.05) is 6.54 Å². The summed E-state index contributed by atoms with van der Waals surface area (Å²) in [5.74, 6) is 0. The molecular weight excluding hydrogens is 276 g/mol. The van der Waals surface area contributed by atoms with E-state index in [1.54, 1.807) is 11.3 Å². The lowest BCUT2D eigenvalue weighted by molar-refractivity contribution is 0.108. The Hall–Kier alpha value is -0.0900. The van der Waals surface area contributed by atoms with Crippen LogP contribution in [0.25, 0.3) is 0 Å². The molecule has 1 aromatic rings. The number of nitrogens with two attached hydrogens (primary N) is 1. The lowest BCUT2D eigenvalue weighted by Crippen LogP contribution is -2.42. The number of thiophene rings is 1. The van der Waals surface area contributed by atoms with Crippen LogP contribution in [0.3, 0.4) is 0 Å². The summed E-state index contributed by atoms with van der Waals surface area (Å²) < 4.78 is 0.893. The van der Waals surface area contributed by atoms with Crippen LogP contribution >= 0.6 is 22.9 Å². The van der Waals surface area contributed by atoms with Gasteiger partial charge in [-0.15, -0.1) is 11.3 Å². The molecule has 2 N–H and O–H groups in total. The van der Waals surface area contributed by atoms with Crippen molar-refractivity contribution in [1.29, 1.82) is 0 Å². The highest BCUT2D eigenvalue weighted by Gasteiger charge is 2.27. The Labute approximate surface area is 125 Å². The summed E-state index contributed by atoms with van der Waals surface area (Å²) >= 11 is 7.71. The van der Waals surface area contributed by atoms with Gasteiger partial charge in [0.1, 0.15) is 0 Å². The van der Waals surface area contributed by atoms with Gasteiger partial charge >= 0.3 is 0 Å². The predicted octanol–water partition coefficient (Wildman–Crippen LogP) is 4.44. The number of hydrogen-bond donors (Lipinski definition) is 1. The van der Waals surface area contributed by atoms with Crippen molar-refractivity contribution < 1.29 is 0 Å². The first-order chi connectivity index (χ1) is 9.11. The fourth-order valence-electron chi connectivity index (χ4n) is 3.12. The van der Waals surface area contributed by atoms with Gasteiger partial charge in [0.05, 0.1) is 4.34 Å². The SMILES string of the molecule is CCCN(C1CCC(N)CC1)C(C)c1csc(Cl)c1. The van der Waals surface area contributed by atoms with E-state index in [1.807, 2.05) is 0 Å². The van der Waals surface area contributed by atoms with Crippen molar-refractivity contribution in [3.63, 3.8) is 0 Å². The standard InChI is InChI=1S/C15H25ClN2S/c1-3-8-18(14-6-4-13(17)5-7-14)11(2)12-9-15(16)19-10-12/h9-11,13-14H,3-8,17H2,1-2H3. The van der Waals surface area contributed by atoms with Gasteiger partial charge < -0.3 is 5.73 Å². The molecule has 0 saturated heterocycles. The van der Waals surface area contributed by atoms with E-state index in [9.17, 15) is 0 Å². The molecule has 4 heteroatoms. The van der Waals surface area contributed by atoms with Crippen LogP contribution in [0.2, 0.25) is 4.34 Å². The molecule has 2 nitrogen and oxygen atoms in total. The monoisotopic (exact) mass is 300 g/mol. The molecule has 1 aliphatic carbocycles. The van der Waals surface area contributed by atoms with Crippen LogP contribution in [0.15, 0.2) is 11.4 Å². The Morgan fingerprint density at radius 3 is 2.63 bits per heavy atom. The molecule has 0 aliphatic heterocycles. The van der Waals surface area contributed by atoms with Crippen molar-refractivity contribution in [1.82, 2.24) is 4.90 Å². The maximum absolute atomic E-state index is 6.07. The Morgan fingerprint density at radius 1 is 1.42 bits per heavy atom. The third kappa shape index (κ3) is 3.94. The maximum atomic E-state index is 6.07. The Balaban J connectivity index is 2.06. The minimum absolute atomic E-state index is 0.422. The molecule has 1 saturated carbocycles. The first-order valence-electron chi connectivity index (χ1n) is 7.37. The van der Waals surface area contributed by atoms with Crippen LogP contribution < -0.4 is 5.73 Å². The number of hydrogen-bond acceptors (Lipinski definition) is 3. The predicted molar refractivity (Wildman–Crippen MR) is 85.0 cm³/mol. The lowest BCUT2D eigenvalue weighted by atomic mass is 9.89. The zero-order chi connectivity index (χ0) is 13.8. The Morgan fingerprint density at radius 2 is 2.11 bits per heavy atom. The van der Waals surface area contributed by atoms with Crippen LogP contribution in [-0.4, -0.2) is 23.5 Å². The van der Waals surface area contributed by atoms with E-state index in [1.165, 1.54) is 37.7 Å². The highest BCUT2D eigenvalue weighted by atomic mass is 35.5. The third-order valence-corrected chi connectivity index (χ3v) is 5.37. The van der Waals surface area contributed by atoms with Crippen LogP contribution in [0.5, 0.6) is 0 Å². The molecule has 1 heterocycles. The van der Waals surface area contributed by atoms with Gasteiger partial charge in [-0.2, -0.15) is 0 Å². The molecular formula is C15H25ClN2S. The quantitative estimate of drug-likeness (QED) is 0.871. The number of rotatable bonds is 5. The molecule has 0 radical (unpaired) electrons. The second-order valence-electron chi connectivity index (χ2n) is 5.67. The summed E-state index contributed by atoms with van der Waals surface area (Å²) in [5, 5.41) is 2.20. The summed E-state index contributed by atoms with van der Waals surface area (Å²) in [7, 11) is 0. The van der Waals surface area contributed by atoms with Gasteiger partial charge in [-0.25, -0.2) is 0 Å². The lowest BCUT2D eigenvalue weighted by Gasteiger charge is -2.39. The van der Waals surface area contributed by atoms with Gasteiger partial charge in [0.2, 0.25) is 0 Å². The van der Waals surface area contributed by atoms with Gasteiger partial charge in [-0.05, 0) is 62.6 Å². The van der Waals surface area contributed by atoms with Crippen molar-refractivity contribution >= 4 is 22.9 Å². The normalized spacial score (nSPS) is 25.7. The van der Waals surface area contributed by atoms with Gasteiger partial charge in [0.15, 0.2) is 0 Å². The second-order valence-corrected chi connectivity index (χ2v) is 7.21. The largest absolute Gasteiger partial charge is 0.328 e. The summed E-state index contributed by atoms with van der Waals surface area (Å²) in [4.78, 5) is 2.66. The molecule has 2 rings (SSSR count). The molecule has 1 atom stereocenters. The van der Waals surface area contributed by atoms with Crippen LogP contribution in [0.1, 0.15) is 57.6 Å².